The van der Waals surface area contributed by atoms with Crippen LogP contribution in [-0.2, 0) is 11.3 Å². The molecule has 2 aliphatic rings. The van der Waals surface area contributed by atoms with Gasteiger partial charge in [-0.1, -0.05) is 18.2 Å². The van der Waals surface area contributed by atoms with Crippen molar-refractivity contribution in [3.63, 3.8) is 0 Å². The number of nitrogens with zero attached hydrogens (tertiary/aromatic N) is 2. The lowest BCUT2D eigenvalue weighted by Gasteiger charge is -2.39. The maximum atomic E-state index is 13.5. The van der Waals surface area contributed by atoms with Gasteiger partial charge in [-0.2, -0.15) is 0 Å². The van der Waals surface area contributed by atoms with E-state index in [4.69, 9.17) is 9.47 Å². The van der Waals surface area contributed by atoms with Gasteiger partial charge >= 0.3 is 0 Å². The highest BCUT2D eigenvalue weighted by atomic mass is 16.5. The van der Waals surface area contributed by atoms with Gasteiger partial charge in [0.1, 0.15) is 5.75 Å². The van der Waals surface area contributed by atoms with E-state index in [9.17, 15) is 9.59 Å². The molecule has 3 aromatic rings. The van der Waals surface area contributed by atoms with Crippen LogP contribution in [0.15, 0.2) is 35.1 Å². The zero-order valence-corrected chi connectivity index (χ0v) is 22.3. The van der Waals surface area contributed by atoms with Gasteiger partial charge in [0, 0.05) is 40.8 Å². The molecule has 4 heterocycles. The van der Waals surface area contributed by atoms with Gasteiger partial charge in [0.25, 0.3) is 11.5 Å². The summed E-state index contributed by atoms with van der Waals surface area (Å²) in [5.74, 6) is 1.54. The lowest BCUT2D eigenvalue weighted by atomic mass is 9.89. The summed E-state index contributed by atoms with van der Waals surface area (Å²) >= 11 is 0. The second-order valence-corrected chi connectivity index (χ2v) is 10.6. The number of fused-ring (bicyclic) bond motifs is 1. The van der Waals surface area contributed by atoms with E-state index in [0.29, 0.717) is 34.4 Å². The van der Waals surface area contributed by atoms with E-state index in [1.54, 1.807) is 13.0 Å². The Kier molecular flexibility index (Phi) is 7.40. The number of H-pyrrole nitrogens is 1. The Balaban J connectivity index is 1.36. The molecule has 8 nitrogen and oxygen atoms in total. The first kappa shape index (κ1) is 25.5. The van der Waals surface area contributed by atoms with Crippen LogP contribution in [0.4, 0.5) is 0 Å². The average molecular weight is 507 g/mol. The number of methoxy groups -OCH3 is 1. The molecule has 1 unspecified atom stereocenters. The number of hydrogen-bond donors (Lipinski definition) is 2. The maximum absolute atomic E-state index is 13.5. The second kappa shape index (κ2) is 10.7. The molecule has 2 aromatic heterocycles. The maximum Gasteiger partial charge on any atom is 0.256 e. The fourth-order valence-electron chi connectivity index (χ4n) is 6.08. The lowest BCUT2D eigenvalue weighted by molar-refractivity contribution is -0.0503. The number of rotatable bonds is 8. The average Bonchev–Trinajstić information content (AvgIpc) is 3.16. The molecule has 0 aliphatic carbocycles. The number of aromatic nitrogens is 2. The number of aromatic amines is 1. The summed E-state index contributed by atoms with van der Waals surface area (Å²) in [6.07, 6.45) is 2.30. The van der Waals surface area contributed by atoms with Crippen molar-refractivity contribution in [1.29, 1.82) is 0 Å². The summed E-state index contributed by atoms with van der Waals surface area (Å²) < 4.78 is 13.1. The minimum atomic E-state index is -0.249. The molecule has 0 spiro atoms. The normalized spacial score (nSPS) is 18.1. The topological polar surface area (TPSA) is 88.6 Å². The zero-order chi connectivity index (χ0) is 26.1. The van der Waals surface area contributed by atoms with E-state index >= 15 is 0 Å². The number of carbonyl (C=O) groups is 1. The summed E-state index contributed by atoms with van der Waals surface area (Å²) in [7, 11) is 1.53. The highest BCUT2D eigenvalue weighted by molar-refractivity contribution is 6.08. The number of carbonyl (C=O) groups excluding carboxylic acids is 1. The van der Waals surface area contributed by atoms with E-state index in [0.717, 1.165) is 62.3 Å². The Morgan fingerprint density at radius 2 is 1.95 bits per heavy atom. The Labute approximate surface area is 217 Å². The van der Waals surface area contributed by atoms with Crippen molar-refractivity contribution in [2.45, 2.75) is 46.2 Å². The molecule has 37 heavy (non-hydrogen) atoms. The van der Waals surface area contributed by atoms with Crippen LogP contribution in [0.1, 0.15) is 53.1 Å². The van der Waals surface area contributed by atoms with Crippen LogP contribution in [0, 0.1) is 25.7 Å². The van der Waals surface area contributed by atoms with Gasteiger partial charge in [0.15, 0.2) is 0 Å². The van der Waals surface area contributed by atoms with Crippen molar-refractivity contribution in [2.24, 2.45) is 11.8 Å². The molecule has 2 N–H and O–H groups in total. The number of hydrogen-bond acceptors (Lipinski definition) is 5. The molecule has 2 aliphatic heterocycles. The van der Waals surface area contributed by atoms with Crippen LogP contribution in [0.3, 0.4) is 0 Å². The number of pyridine rings is 1. The van der Waals surface area contributed by atoms with Gasteiger partial charge in [-0.25, -0.2) is 0 Å². The van der Waals surface area contributed by atoms with Gasteiger partial charge in [0.2, 0.25) is 0 Å². The number of likely N-dealkylation sites (tertiary alicyclic amines) is 1. The van der Waals surface area contributed by atoms with Crippen LogP contribution in [0.5, 0.6) is 5.75 Å². The fraction of sp³-hybridized carbons (Fsp3) is 0.517. The first-order valence-corrected chi connectivity index (χ1v) is 13.3. The first-order valence-electron chi connectivity index (χ1n) is 13.3. The molecule has 1 amide bonds. The van der Waals surface area contributed by atoms with Crippen LogP contribution in [0.25, 0.3) is 10.9 Å². The minimum absolute atomic E-state index is 0.0939. The molecule has 8 heteroatoms. The highest BCUT2D eigenvalue weighted by Crippen LogP contribution is 2.36. The Hall–Kier alpha value is -3.10. The Morgan fingerprint density at radius 1 is 1.22 bits per heavy atom. The largest absolute Gasteiger partial charge is 0.496 e. The van der Waals surface area contributed by atoms with Crippen molar-refractivity contribution in [1.82, 2.24) is 19.8 Å². The van der Waals surface area contributed by atoms with Gasteiger partial charge in [-0.3, -0.25) is 9.59 Å². The monoisotopic (exact) mass is 506 g/mol. The lowest BCUT2D eigenvalue weighted by Crippen LogP contribution is -2.43. The van der Waals surface area contributed by atoms with Crippen molar-refractivity contribution >= 4 is 16.8 Å². The molecular weight excluding hydrogens is 468 g/mol. The van der Waals surface area contributed by atoms with Crippen LogP contribution in [-0.4, -0.2) is 60.3 Å². The quantitative estimate of drug-likeness (QED) is 0.485. The van der Waals surface area contributed by atoms with Crippen LogP contribution in [0.2, 0.25) is 0 Å². The van der Waals surface area contributed by atoms with Crippen LogP contribution >= 0.6 is 0 Å². The number of ether oxygens (including phenoxy) is 2. The standard InChI is InChI=1S/C29H38N4O4/c1-18-13-26(36-4)24(28(34)31-18)14-30-29(35)27-20(3)33(25-8-6-5-7-23(25)27)19(2)22-9-11-32(12-10-22)15-21-16-37-17-21/h5-8,13,19,21-22H,9-12,14-17H2,1-4H3,(H,30,35)(H,31,34). The summed E-state index contributed by atoms with van der Waals surface area (Å²) in [5, 5.41) is 3.92. The molecule has 5 rings (SSSR count). The number of aryl methyl sites for hydroxylation is 1. The van der Waals surface area contributed by atoms with E-state index in [1.807, 2.05) is 25.1 Å². The van der Waals surface area contributed by atoms with Gasteiger partial charge in [-0.05, 0) is 64.8 Å². The molecule has 0 radical (unpaired) electrons. The fourth-order valence-corrected chi connectivity index (χ4v) is 6.08. The van der Waals surface area contributed by atoms with Crippen molar-refractivity contribution in [3.8, 4) is 5.75 Å². The summed E-state index contributed by atoms with van der Waals surface area (Å²) in [6.45, 7) is 11.4. The number of para-hydroxylation sites is 1. The number of nitrogens with one attached hydrogen (secondary N) is 2. The van der Waals surface area contributed by atoms with Gasteiger partial charge in [0.05, 0.1) is 38.0 Å². The van der Waals surface area contributed by atoms with E-state index in [2.05, 4.69) is 32.8 Å². The first-order chi connectivity index (χ1) is 17.9. The van der Waals surface area contributed by atoms with Crippen LogP contribution < -0.4 is 15.6 Å². The smallest absolute Gasteiger partial charge is 0.256 e. The van der Waals surface area contributed by atoms with Crippen molar-refractivity contribution < 1.29 is 14.3 Å². The summed E-state index contributed by atoms with van der Waals surface area (Å²) in [5.41, 5.74) is 3.60. The Bertz CT molecular complexity index is 1330. The Morgan fingerprint density at radius 3 is 2.62 bits per heavy atom. The van der Waals surface area contributed by atoms with Crippen molar-refractivity contribution in [2.75, 3.05) is 40.0 Å². The minimum Gasteiger partial charge on any atom is -0.496 e. The van der Waals surface area contributed by atoms with Gasteiger partial charge in [-0.15, -0.1) is 0 Å². The molecule has 2 saturated heterocycles. The highest BCUT2D eigenvalue weighted by Gasteiger charge is 2.30. The van der Waals surface area contributed by atoms with Crippen molar-refractivity contribution in [3.05, 3.63) is 63.2 Å². The third-order valence-corrected chi connectivity index (χ3v) is 8.20. The summed E-state index contributed by atoms with van der Waals surface area (Å²) in [6, 6.07) is 10.2. The van der Waals surface area contributed by atoms with E-state index < -0.39 is 0 Å². The van der Waals surface area contributed by atoms with Gasteiger partial charge < -0.3 is 29.2 Å². The SMILES string of the molecule is COc1cc(C)[nH]c(=O)c1CNC(=O)c1c(C)n(C(C)C2CCN(CC3COC3)CC2)c2ccccc12. The molecule has 1 atom stereocenters. The third kappa shape index (κ3) is 5.05. The molecular formula is C29H38N4O4. The number of benzene rings is 1. The predicted octanol–water partition coefficient (Wildman–Crippen LogP) is 3.80. The number of piperidine rings is 1. The third-order valence-electron chi connectivity index (χ3n) is 8.20. The second-order valence-electron chi connectivity index (χ2n) is 10.6. The molecule has 2 fully saturated rings. The molecule has 198 valence electrons. The number of amides is 1. The van der Waals surface area contributed by atoms with E-state index in [-0.39, 0.29) is 24.1 Å². The predicted molar refractivity (Wildman–Crippen MR) is 144 cm³/mol. The molecule has 1 aromatic carbocycles. The van der Waals surface area contributed by atoms with E-state index in [1.165, 1.54) is 7.11 Å². The zero-order valence-electron chi connectivity index (χ0n) is 22.3. The molecule has 0 bridgehead atoms. The molecule has 0 saturated carbocycles. The summed E-state index contributed by atoms with van der Waals surface area (Å²) in [4.78, 5) is 31.4.